The van der Waals surface area contributed by atoms with Crippen LogP contribution in [0.4, 0.5) is 0 Å². The van der Waals surface area contributed by atoms with Crippen molar-refractivity contribution in [2.75, 3.05) is 7.11 Å². The minimum absolute atomic E-state index is 0.0988. The van der Waals surface area contributed by atoms with E-state index in [-0.39, 0.29) is 10.7 Å². The van der Waals surface area contributed by atoms with Crippen molar-refractivity contribution in [1.29, 1.82) is 0 Å². The summed E-state index contributed by atoms with van der Waals surface area (Å²) in [5.41, 5.74) is 0. The molecule has 0 spiro atoms. The van der Waals surface area contributed by atoms with Crippen LogP contribution in [0.25, 0.3) is 0 Å². The number of ether oxygens (including phenoxy) is 1. The topological polar surface area (TPSA) is 60.4 Å². The van der Waals surface area contributed by atoms with E-state index < -0.39 is 19.5 Å². The van der Waals surface area contributed by atoms with Crippen LogP contribution in [0.1, 0.15) is 0 Å². The fourth-order valence-corrected chi connectivity index (χ4v) is 3.50. The van der Waals surface area contributed by atoms with Crippen LogP contribution >= 0.6 is 21.2 Å². The molecule has 1 heterocycles. The normalized spacial score (nSPS) is 21.8. The fraction of sp³-hybridized carbons (Fsp3) is 0.167. The second kappa shape index (κ2) is 3.67. The van der Waals surface area contributed by atoms with E-state index in [0.29, 0.717) is 0 Å². The average molecular weight is 241 g/mol. The SMILES string of the molecule is COC1=CS(=C=O)C=C1S(=O)(=O)Cl. The second-order valence-electron chi connectivity index (χ2n) is 2.06. The van der Waals surface area contributed by atoms with Gasteiger partial charge in [0.15, 0.2) is 5.23 Å². The average Bonchev–Trinajstić information content (AvgIpc) is 2.46. The van der Waals surface area contributed by atoms with Crippen LogP contribution in [0.15, 0.2) is 21.5 Å². The largest absolute Gasteiger partial charge is 0.495 e. The van der Waals surface area contributed by atoms with Gasteiger partial charge in [0, 0.05) is 21.5 Å². The standard InChI is InChI=1S/C6H5ClO4S2/c1-11-5-2-12(4-8)3-6(5)13(7,9)10/h2-3H,1H3. The van der Waals surface area contributed by atoms with E-state index in [2.05, 4.69) is 0 Å². The van der Waals surface area contributed by atoms with Crippen molar-refractivity contribution >= 4 is 35.5 Å². The van der Waals surface area contributed by atoms with Gasteiger partial charge in [-0.2, -0.15) is 0 Å². The van der Waals surface area contributed by atoms with Gasteiger partial charge in [0.1, 0.15) is 10.7 Å². The van der Waals surface area contributed by atoms with Crippen molar-refractivity contribution in [3.8, 4) is 0 Å². The molecular weight excluding hydrogens is 236 g/mol. The van der Waals surface area contributed by atoms with E-state index in [9.17, 15) is 13.2 Å². The van der Waals surface area contributed by atoms with E-state index in [1.807, 2.05) is 0 Å². The predicted molar refractivity (Wildman–Crippen MR) is 51.2 cm³/mol. The number of carbonyl (C=O) groups excluding carboxylic acids is 1. The molecule has 0 aromatic carbocycles. The molecule has 1 aliphatic heterocycles. The molecular formula is C6H5ClO4S2. The zero-order chi connectivity index (χ0) is 10.1. The zero-order valence-electron chi connectivity index (χ0n) is 6.48. The van der Waals surface area contributed by atoms with Gasteiger partial charge >= 0.3 is 0 Å². The zero-order valence-corrected chi connectivity index (χ0v) is 8.87. The van der Waals surface area contributed by atoms with E-state index in [1.54, 1.807) is 5.23 Å². The molecule has 0 aromatic heterocycles. The van der Waals surface area contributed by atoms with Crippen LogP contribution in [0.5, 0.6) is 0 Å². The third-order valence-corrected chi connectivity index (χ3v) is 3.93. The Kier molecular flexibility index (Phi) is 2.98. The lowest BCUT2D eigenvalue weighted by molar-refractivity contribution is 0.306. The Balaban J connectivity index is 3.29. The Labute approximate surface area is 82.2 Å². The van der Waals surface area contributed by atoms with Crippen molar-refractivity contribution in [1.82, 2.24) is 0 Å². The predicted octanol–water partition coefficient (Wildman–Crippen LogP) is 1.23. The minimum Gasteiger partial charge on any atom is -0.495 e. The molecule has 7 heteroatoms. The summed E-state index contributed by atoms with van der Waals surface area (Å²) >= 11 is 0. The Hall–Kier alpha value is -0.550. The van der Waals surface area contributed by atoms with Gasteiger partial charge in [-0.1, -0.05) is 0 Å². The molecule has 0 saturated carbocycles. The first kappa shape index (κ1) is 10.5. The highest BCUT2D eigenvalue weighted by Crippen LogP contribution is 2.36. The van der Waals surface area contributed by atoms with Gasteiger partial charge < -0.3 is 4.74 Å². The summed E-state index contributed by atoms with van der Waals surface area (Å²) in [5, 5.41) is 4.23. The molecule has 0 bridgehead atoms. The summed E-state index contributed by atoms with van der Waals surface area (Å²) in [6, 6.07) is 0. The maximum Gasteiger partial charge on any atom is 0.265 e. The highest BCUT2D eigenvalue weighted by Gasteiger charge is 2.24. The summed E-state index contributed by atoms with van der Waals surface area (Å²) in [6.07, 6.45) is 0. The fourth-order valence-electron chi connectivity index (χ4n) is 0.755. The third kappa shape index (κ3) is 2.22. The molecule has 4 nitrogen and oxygen atoms in total. The number of halogens is 1. The second-order valence-corrected chi connectivity index (χ2v) is 5.98. The number of methoxy groups -OCH3 is 1. The minimum atomic E-state index is -3.84. The summed E-state index contributed by atoms with van der Waals surface area (Å²) in [7, 11) is 1.60. The van der Waals surface area contributed by atoms with Gasteiger partial charge in [0.25, 0.3) is 9.05 Å². The van der Waals surface area contributed by atoms with Crippen molar-refractivity contribution in [2.45, 2.75) is 0 Å². The molecule has 1 unspecified atom stereocenters. The molecule has 1 aliphatic rings. The first-order valence-electron chi connectivity index (χ1n) is 3.01. The van der Waals surface area contributed by atoms with Crippen LogP contribution in [0, 0.1) is 0 Å². The Morgan fingerprint density at radius 3 is 2.46 bits per heavy atom. The number of hydrogen-bond donors (Lipinski definition) is 0. The summed E-state index contributed by atoms with van der Waals surface area (Å²) in [4.78, 5) is 10.1. The van der Waals surface area contributed by atoms with E-state index in [1.165, 1.54) is 17.9 Å². The smallest absolute Gasteiger partial charge is 0.265 e. The van der Waals surface area contributed by atoms with Crippen LogP contribution in [-0.2, 0) is 18.6 Å². The molecule has 1 atom stereocenters. The number of rotatable bonds is 2. The van der Waals surface area contributed by atoms with Crippen molar-refractivity contribution in [3.05, 3.63) is 21.5 Å². The van der Waals surface area contributed by atoms with Crippen LogP contribution < -0.4 is 0 Å². The maximum absolute atomic E-state index is 10.9. The molecule has 0 aromatic rings. The van der Waals surface area contributed by atoms with Gasteiger partial charge in [-0.15, -0.1) is 0 Å². The quantitative estimate of drug-likeness (QED) is 0.538. The van der Waals surface area contributed by atoms with Crippen LogP contribution in [0.3, 0.4) is 0 Å². The van der Waals surface area contributed by atoms with Crippen molar-refractivity contribution in [3.63, 3.8) is 0 Å². The van der Waals surface area contributed by atoms with Gasteiger partial charge in [-0.25, -0.2) is 13.2 Å². The molecule has 0 amide bonds. The number of hydrogen-bond acceptors (Lipinski definition) is 4. The van der Waals surface area contributed by atoms with Crippen molar-refractivity contribution < 1.29 is 17.9 Å². The summed E-state index contributed by atoms with van der Waals surface area (Å²) in [5.74, 6) is 0.0988. The first-order valence-corrected chi connectivity index (χ1v) is 6.67. The third-order valence-electron chi connectivity index (χ3n) is 1.29. The lowest BCUT2D eigenvalue weighted by Crippen LogP contribution is -1.97. The Morgan fingerprint density at radius 1 is 1.54 bits per heavy atom. The Bertz CT molecular complexity index is 439. The van der Waals surface area contributed by atoms with Gasteiger partial charge in [0.05, 0.1) is 7.11 Å². The molecule has 0 radical (unpaired) electrons. The monoisotopic (exact) mass is 240 g/mol. The van der Waals surface area contributed by atoms with E-state index in [0.717, 1.165) is 0 Å². The lowest BCUT2D eigenvalue weighted by Gasteiger charge is -2.00. The molecule has 0 saturated heterocycles. The van der Waals surface area contributed by atoms with E-state index >= 15 is 0 Å². The molecule has 1 rings (SSSR count). The first-order chi connectivity index (χ1) is 5.99. The lowest BCUT2D eigenvalue weighted by atomic mass is 10.5. The molecule has 72 valence electrons. The maximum atomic E-state index is 10.9. The molecule has 0 aliphatic carbocycles. The summed E-state index contributed by atoms with van der Waals surface area (Å²) < 4.78 is 26.6. The van der Waals surface area contributed by atoms with Gasteiger partial charge in [-0.05, 0) is 10.5 Å². The van der Waals surface area contributed by atoms with Crippen LogP contribution in [-0.4, -0.2) is 20.8 Å². The molecule has 0 N–H and O–H groups in total. The van der Waals surface area contributed by atoms with Crippen molar-refractivity contribution in [2.24, 2.45) is 0 Å². The van der Waals surface area contributed by atoms with E-state index in [4.69, 9.17) is 15.4 Å². The molecule has 13 heavy (non-hydrogen) atoms. The Morgan fingerprint density at radius 2 is 2.15 bits per heavy atom. The summed E-state index contributed by atoms with van der Waals surface area (Å²) in [6.45, 7) is 0. The molecule has 0 fully saturated rings. The van der Waals surface area contributed by atoms with Crippen LogP contribution in [0.2, 0.25) is 0 Å². The highest BCUT2D eigenvalue weighted by atomic mass is 35.7. The highest BCUT2D eigenvalue weighted by molar-refractivity contribution is 8.22. The van der Waals surface area contributed by atoms with Gasteiger partial charge in [0.2, 0.25) is 0 Å². The van der Waals surface area contributed by atoms with Gasteiger partial charge in [-0.3, -0.25) is 0 Å².